The molecule has 1 heterocycles. The zero-order chi connectivity index (χ0) is 9.68. The molecular formula is C9H17N3O. The number of hydrogen-bond acceptors (Lipinski definition) is 3. The lowest BCUT2D eigenvalue weighted by molar-refractivity contribution is 0.270. The van der Waals surface area contributed by atoms with Gasteiger partial charge in [0.1, 0.15) is 5.82 Å². The minimum absolute atomic E-state index is 0.0824. The second-order valence-electron chi connectivity index (χ2n) is 3.11. The quantitative estimate of drug-likeness (QED) is 0.709. The van der Waals surface area contributed by atoms with Crippen LogP contribution in [-0.4, -0.2) is 21.5 Å². The van der Waals surface area contributed by atoms with Crippen molar-refractivity contribution in [2.45, 2.75) is 32.7 Å². The van der Waals surface area contributed by atoms with Crippen LogP contribution in [0, 0.1) is 0 Å². The third-order valence-electron chi connectivity index (χ3n) is 1.96. The zero-order valence-corrected chi connectivity index (χ0v) is 8.03. The summed E-state index contributed by atoms with van der Waals surface area (Å²) < 4.78 is 1.64. The van der Waals surface area contributed by atoms with Crippen molar-refractivity contribution in [3.8, 4) is 0 Å². The van der Waals surface area contributed by atoms with E-state index in [1.54, 1.807) is 4.68 Å². The number of aliphatic hydroxyl groups is 1. The topological polar surface area (TPSA) is 64.1 Å². The molecule has 1 aromatic rings. The number of anilines is 1. The molecular weight excluding hydrogens is 166 g/mol. The Morgan fingerprint density at radius 2 is 2.38 bits per heavy atom. The summed E-state index contributed by atoms with van der Waals surface area (Å²) in [5, 5.41) is 13.0. The van der Waals surface area contributed by atoms with E-state index >= 15 is 0 Å². The van der Waals surface area contributed by atoms with Gasteiger partial charge in [-0.05, 0) is 12.8 Å². The van der Waals surface area contributed by atoms with Gasteiger partial charge in [-0.15, -0.1) is 0 Å². The molecule has 0 aromatic carbocycles. The van der Waals surface area contributed by atoms with Crippen molar-refractivity contribution < 1.29 is 5.11 Å². The summed E-state index contributed by atoms with van der Waals surface area (Å²) in [5.41, 5.74) is 6.71. The van der Waals surface area contributed by atoms with E-state index < -0.39 is 0 Å². The van der Waals surface area contributed by atoms with Crippen molar-refractivity contribution in [3.63, 3.8) is 0 Å². The fourth-order valence-corrected chi connectivity index (χ4v) is 1.24. The van der Waals surface area contributed by atoms with Gasteiger partial charge >= 0.3 is 0 Å². The average molecular weight is 183 g/mol. The smallest absolute Gasteiger partial charge is 0.122 e. The van der Waals surface area contributed by atoms with E-state index in [4.69, 9.17) is 10.8 Å². The average Bonchev–Trinajstić information content (AvgIpc) is 2.45. The van der Waals surface area contributed by atoms with E-state index in [0.29, 0.717) is 12.4 Å². The van der Waals surface area contributed by atoms with E-state index in [1.165, 1.54) is 0 Å². The molecule has 74 valence electrons. The number of rotatable bonds is 5. The van der Waals surface area contributed by atoms with Gasteiger partial charge < -0.3 is 10.8 Å². The predicted octanol–water partition coefficient (Wildman–Crippen LogP) is 0.800. The van der Waals surface area contributed by atoms with E-state index in [-0.39, 0.29) is 6.61 Å². The summed E-state index contributed by atoms with van der Waals surface area (Å²) >= 11 is 0. The second kappa shape index (κ2) is 4.87. The predicted molar refractivity (Wildman–Crippen MR) is 52.3 cm³/mol. The number of aryl methyl sites for hydroxylation is 1. The molecule has 0 radical (unpaired) electrons. The van der Waals surface area contributed by atoms with Gasteiger partial charge in [0.25, 0.3) is 0 Å². The number of unbranched alkanes of at least 4 members (excludes halogenated alkanes) is 1. The molecule has 0 fully saturated rings. The highest BCUT2D eigenvalue weighted by Gasteiger charge is 2.03. The molecule has 0 aliphatic carbocycles. The largest absolute Gasteiger partial charge is 0.394 e. The van der Waals surface area contributed by atoms with Gasteiger partial charge in [0, 0.05) is 6.07 Å². The van der Waals surface area contributed by atoms with Crippen LogP contribution in [0.3, 0.4) is 0 Å². The van der Waals surface area contributed by atoms with Crippen LogP contribution in [0.1, 0.15) is 25.5 Å². The molecule has 1 aromatic heterocycles. The van der Waals surface area contributed by atoms with Crippen LogP contribution in [0.25, 0.3) is 0 Å². The summed E-state index contributed by atoms with van der Waals surface area (Å²) in [7, 11) is 0. The minimum Gasteiger partial charge on any atom is -0.394 e. The Morgan fingerprint density at radius 1 is 1.62 bits per heavy atom. The van der Waals surface area contributed by atoms with Gasteiger partial charge in [0.15, 0.2) is 0 Å². The third-order valence-corrected chi connectivity index (χ3v) is 1.96. The molecule has 0 aliphatic heterocycles. The van der Waals surface area contributed by atoms with Crippen molar-refractivity contribution in [1.29, 1.82) is 0 Å². The van der Waals surface area contributed by atoms with Crippen molar-refractivity contribution in [1.82, 2.24) is 9.78 Å². The number of nitrogens with zero attached hydrogens (tertiary/aromatic N) is 2. The SMILES string of the molecule is CCCCc1cc(N)n(CCO)n1. The van der Waals surface area contributed by atoms with E-state index in [9.17, 15) is 0 Å². The first kappa shape index (κ1) is 10.1. The first-order valence-electron chi connectivity index (χ1n) is 4.71. The Kier molecular flexibility index (Phi) is 3.76. The zero-order valence-electron chi connectivity index (χ0n) is 8.03. The van der Waals surface area contributed by atoms with Gasteiger partial charge in [-0.3, -0.25) is 0 Å². The molecule has 3 N–H and O–H groups in total. The van der Waals surface area contributed by atoms with Crippen LogP contribution in [-0.2, 0) is 13.0 Å². The highest BCUT2D eigenvalue weighted by atomic mass is 16.3. The minimum atomic E-state index is 0.0824. The Balaban J connectivity index is 2.59. The van der Waals surface area contributed by atoms with Crippen LogP contribution in [0.2, 0.25) is 0 Å². The lowest BCUT2D eigenvalue weighted by Crippen LogP contribution is -2.07. The van der Waals surface area contributed by atoms with Crippen molar-refractivity contribution in [2.24, 2.45) is 0 Å². The summed E-state index contributed by atoms with van der Waals surface area (Å²) in [6.45, 7) is 2.71. The molecule has 0 saturated heterocycles. The van der Waals surface area contributed by atoms with E-state index in [1.807, 2.05) is 6.07 Å². The molecule has 4 heteroatoms. The van der Waals surface area contributed by atoms with Crippen molar-refractivity contribution >= 4 is 5.82 Å². The molecule has 0 aliphatic rings. The van der Waals surface area contributed by atoms with Gasteiger partial charge in [-0.2, -0.15) is 5.10 Å². The summed E-state index contributed by atoms with van der Waals surface area (Å²) in [6, 6.07) is 1.88. The molecule has 0 bridgehead atoms. The molecule has 4 nitrogen and oxygen atoms in total. The monoisotopic (exact) mass is 183 g/mol. The van der Waals surface area contributed by atoms with Gasteiger partial charge in [-0.1, -0.05) is 13.3 Å². The Labute approximate surface area is 78.4 Å². The first-order chi connectivity index (χ1) is 6.27. The van der Waals surface area contributed by atoms with E-state index in [0.717, 1.165) is 25.0 Å². The van der Waals surface area contributed by atoms with Crippen molar-refractivity contribution in [2.75, 3.05) is 12.3 Å². The molecule has 0 amide bonds. The number of aliphatic hydroxyl groups excluding tert-OH is 1. The number of hydrogen-bond donors (Lipinski definition) is 2. The fourth-order valence-electron chi connectivity index (χ4n) is 1.24. The molecule has 0 saturated carbocycles. The lowest BCUT2D eigenvalue weighted by atomic mass is 10.2. The number of aromatic nitrogens is 2. The maximum Gasteiger partial charge on any atom is 0.122 e. The molecule has 0 atom stereocenters. The number of nitrogens with two attached hydrogens (primary N) is 1. The Bertz CT molecular complexity index is 257. The standard InChI is InChI=1S/C9H17N3O/c1-2-3-4-8-7-9(10)12(11-8)5-6-13/h7,13H,2-6,10H2,1H3. The van der Waals surface area contributed by atoms with Gasteiger partial charge in [-0.25, -0.2) is 4.68 Å². The first-order valence-corrected chi connectivity index (χ1v) is 4.71. The third kappa shape index (κ3) is 2.73. The van der Waals surface area contributed by atoms with Crippen LogP contribution in [0.15, 0.2) is 6.07 Å². The van der Waals surface area contributed by atoms with Crippen LogP contribution >= 0.6 is 0 Å². The van der Waals surface area contributed by atoms with Crippen molar-refractivity contribution in [3.05, 3.63) is 11.8 Å². The van der Waals surface area contributed by atoms with Gasteiger partial charge in [0.05, 0.1) is 18.8 Å². The Hall–Kier alpha value is -1.03. The summed E-state index contributed by atoms with van der Waals surface area (Å²) in [6.07, 6.45) is 3.27. The molecule has 0 spiro atoms. The van der Waals surface area contributed by atoms with Crippen LogP contribution in [0.4, 0.5) is 5.82 Å². The lowest BCUT2D eigenvalue weighted by Gasteiger charge is -1.98. The summed E-state index contributed by atoms with van der Waals surface area (Å²) in [5.74, 6) is 0.639. The van der Waals surface area contributed by atoms with Gasteiger partial charge in [0.2, 0.25) is 0 Å². The van der Waals surface area contributed by atoms with E-state index in [2.05, 4.69) is 12.0 Å². The molecule has 1 rings (SSSR count). The maximum atomic E-state index is 8.71. The van der Waals surface area contributed by atoms with Crippen LogP contribution < -0.4 is 5.73 Å². The highest BCUT2D eigenvalue weighted by molar-refractivity contribution is 5.30. The maximum absolute atomic E-state index is 8.71. The highest BCUT2D eigenvalue weighted by Crippen LogP contribution is 2.08. The second-order valence-corrected chi connectivity index (χ2v) is 3.11. The molecule has 13 heavy (non-hydrogen) atoms. The molecule has 0 unspecified atom stereocenters. The Morgan fingerprint density at radius 3 is 3.00 bits per heavy atom. The number of nitrogen functional groups attached to an aromatic ring is 1. The fraction of sp³-hybridized carbons (Fsp3) is 0.667. The normalized spacial score (nSPS) is 10.6. The summed E-state index contributed by atoms with van der Waals surface area (Å²) in [4.78, 5) is 0. The van der Waals surface area contributed by atoms with Crippen LogP contribution in [0.5, 0.6) is 0 Å².